The summed E-state index contributed by atoms with van der Waals surface area (Å²) in [6.45, 7) is 10.5. The summed E-state index contributed by atoms with van der Waals surface area (Å²) in [6.07, 6.45) is 7.23. The number of hydrogen-bond donors (Lipinski definition) is 1. The summed E-state index contributed by atoms with van der Waals surface area (Å²) in [4.78, 5) is 5.67. The number of thiophene rings is 1. The van der Waals surface area contributed by atoms with Crippen LogP contribution >= 0.6 is 11.3 Å². The molecule has 1 aromatic rings. The number of hydrogen-bond acceptors (Lipinski definition) is 3. The molecule has 3 rings (SSSR count). The van der Waals surface area contributed by atoms with Crippen LogP contribution in [0.4, 0.5) is 0 Å². The molecule has 2 nitrogen and oxygen atoms in total. The van der Waals surface area contributed by atoms with E-state index in [9.17, 15) is 0 Å². The molecule has 118 valence electrons. The topological polar surface area (TPSA) is 15.3 Å². The van der Waals surface area contributed by atoms with E-state index in [4.69, 9.17) is 0 Å². The van der Waals surface area contributed by atoms with Crippen molar-refractivity contribution >= 4 is 11.3 Å². The van der Waals surface area contributed by atoms with E-state index in [-0.39, 0.29) is 0 Å². The Bertz CT molecular complexity index is 462. The van der Waals surface area contributed by atoms with Crippen molar-refractivity contribution in [3.8, 4) is 0 Å². The Morgan fingerprint density at radius 3 is 2.67 bits per heavy atom. The average molecular weight is 307 g/mol. The molecule has 0 bridgehead atoms. The fourth-order valence-corrected chi connectivity index (χ4v) is 5.28. The lowest BCUT2D eigenvalue weighted by Gasteiger charge is -2.41. The van der Waals surface area contributed by atoms with Gasteiger partial charge in [-0.3, -0.25) is 4.90 Å². The van der Waals surface area contributed by atoms with Crippen LogP contribution in [0.2, 0.25) is 0 Å². The van der Waals surface area contributed by atoms with Crippen molar-refractivity contribution < 1.29 is 0 Å². The Morgan fingerprint density at radius 2 is 2.00 bits per heavy atom. The fraction of sp³-hybridized carbons (Fsp3) is 0.778. The molecule has 2 fully saturated rings. The van der Waals surface area contributed by atoms with Crippen molar-refractivity contribution in [1.29, 1.82) is 0 Å². The molecule has 21 heavy (non-hydrogen) atoms. The summed E-state index contributed by atoms with van der Waals surface area (Å²) in [5.74, 6) is 0.916. The van der Waals surface area contributed by atoms with Gasteiger partial charge in [0.2, 0.25) is 0 Å². The van der Waals surface area contributed by atoms with Crippen LogP contribution in [0.5, 0.6) is 0 Å². The molecule has 0 amide bonds. The number of rotatable bonds is 3. The van der Waals surface area contributed by atoms with Gasteiger partial charge < -0.3 is 5.32 Å². The minimum absolute atomic E-state index is 0.572. The van der Waals surface area contributed by atoms with E-state index in [0.717, 1.165) is 18.5 Å². The van der Waals surface area contributed by atoms with Crippen molar-refractivity contribution in [2.75, 3.05) is 19.6 Å². The van der Waals surface area contributed by atoms with Gasteiger partial charge in [-0.1, -0.05) is 19.3 Å². The molecule has 1 aliphatic heterocycles. The maximum atomic E-state index is 3.81. The lowest BCUT2D eigenvalue weighted by atomic mass is 9.83. The van der Waals surface area contributed by atoms with Gasteiger partial charge in [0.15, 0.2) is 0 Å². The van der Waals surface area contributed by atoms with Crippen LogP contribution in [0.15, 0.2) is 6.07 Å². The summed E-state index contributed by atoms with van der Waals surface area (Å²) < 4.78 is 0. The Labute approximate surface area is 133 Å². The highest BCUT2D eigenvalue weighted by molar-refractivity contribution is 7.12. The molecule has 0 radical (unpaired) electrons. The van der Waals surface area contributed by atoms with Crippen LogP contribution in [-0.4, -0.2) is 30.6 Å². The lowest BCUT2D eigenvalue weighted by Crippen LogP contribution is -2.54. The maximum Gasteiger partial charge on any atom is 0.0332 e. The third kappa shape index (κ3) is 3.52. The third-order valence-corrected chi connectivity index (χ3v) is 6.51. The van der Waals surface area contributed by atoms with Gasteiger partial charge in [0, 0.05) is 41.5 Å². The fourth-order valence-electron chi connectivity index (χ4n) is 4.27. The van der Waals surface area contributed by atoms with Gasteiger partial charge >= 0.3 is 0 Å². The van der Waals surface area contributed by atoms with Crippen LogP contribution in [0.3, 0.4) is 0 Å². The second kappa shape index (κ2) is 6.80. The summed E-state index contributed by atoms with van der Waals surface area (Å²) in [6, 6.07) is 3.70. The van der Waals surface area contributed by atoms with Crippen molar-refractivity contribution in [1.82, 2.24) is 10.2 Å². The highest BCUT2D eigenvalue weighted by Crippen LogP contribution is 2.33. The molecule has 1 aliphatic carbocycles. The van der Waals surface area contributed by atoms with Gasteiger partial charge in [-0.05, 0) is 51.2 Å². The Hall–Kier alpha value is -0.380. The van der Waals surface area contributed by atoms with Crippen LogP contribution in [0.1, 0.15) is 60.4 Å². The Kier molecular flexibility index (Phi) is 5.03. The largest absolute Gasteiger partial charge is 0.311 e. The van der Waals surface area contributed by atoms with Gasteiger partial charge in [0.25, 0.3) is 0 Å². The molecular formula is C18H30N2S. The second-order valence-corrected chi connectivity index (χ2v) is 8.46. The Morgan fingerprint density at radius 1 is 1.24 bits per heavy atom. The van der Waals surface area contributed by atoms with E-state index >= 15 is 0 Å². The van der Waals surface area contributed by atoms with E-state index in [0.29, 0.717) is 6.04 Å². The molecule has 1 saturated carbocycles. The number of nitrogens with zero attached hydrogens (tertiary/aromatic N) is 1. The van der Waals surface area contributed by atoms with Gasteiger partial charge in [-0.15, -0.1) is 11.3 Å². The quantitative estimate of drug-likeness (QED) is 0.896. The molecule has 0 aromatic carbocycles. The van der Waals surface area contributed by atoms with Crippen LogP contribution in [0, 0.1) is 19.8 Å². The van der Waals surface area contributed by atoms with Gasteiger partial charge in [-0.2, -0.15) is 0 Å². The minimum Gasteiger partial charge on any atom is -0.311 e. The zero-order valence-corrected chi connectivity index (χ0v) is 14.6. The predicted octanol–water partition coefficient (Wildman–Crippen LogP) is 4.28. The number of nitrogens with one attached hydrogen (secondary N) is 1. The highest BCUT2D eigenvalue weighted by atomic mass is 32.1. The van der Waals surface area contributed by atoms with Gasteiger partial charge in [0.1, 0.15) is 0 Å². The maximum absolute atomic E-state index is 3.81. The smallest absolute Gasteiger partial charge is 0.0332 e. The van der Waals surface area contributed by atoms with Crippen molar-refractivity contribution in [2.24, 2.45) is 5.92 Å². The van der Waals surface area contributed by atoms with E-state index < -0.39 is 0 Å². The molecule has 0 spiro atoms. The number of piperazine rings is 1. The predicted molar refractivity (Wildman–Crippen MR) is 92.1 cm³/mol. The molecule has 3 heteroatoms. The zero-order valence-electron chi connectivity index (χ0n) is 13.8. The van der Waals surface area contributed by atoms with E-state index in [2.05, 4.69) is 37.1 Å². The van der Waals surface area contributed by atoms with Crippen molar-refractivity contribution in [2.45, 2.75) is 65.0 Å². The first-order valence-electron chi connectivity index (χ1n) is 8.69. The number of aryl methyl sites for hydroxylation is 2. The first kappa shape index (κ1) is 15.5. The van der Waals surface area contributed by atoms with Gasteiger partial charge in [0.05, 0.1) is 0 Å². The normalized spacial score (nSPS) is 26.9. The van der Waals surface area contributed by atoms with E-state index in [1.54, 1.807) is 5.56 Å². The molecule has 1 aromatic heterocycles. The third-order valence-electron chi connectivity index (χ3n) is 5.53. The molecule has 2 heterocycles. The Balaban J connectivity index is 1.66. The lowest BCUT2D eigenvalue weighted by molar-refractivity contribution is 0.115. The summed E-state index contributed by atoms with van der Waals surface area (Å²) in [7, 11) is 0. The summed E-state index contributed by atoms with van der Waals surface area (Å²) in [5, 5.41) is 3.81. The van der Waals surface area contributed by atoms with E-state index in [1.165, 1.54) is 54.9 Å². The van der Waals surface area contributed by atoms with Crippen LogP contribution < -0.4 is 5.32 Å². The van der Waals surface area contributed by atoms with Crippen molar-refractivity contribution in [3.63, 3.8) is 0 Å². The molecule has 1 N–H and O–H groups in total. The average Bonchev–Trinajstić information content (AvgIpc) is 2.86. The molecule has 2 atom stereocenters. The standard InChI is InChI=1S/C18H30N2S/c1-13-11-17(15(3)21-13)14(2)20-10-9-19-18(12-20)16-7-5-4-6-8-16/h11,14,16,18-19H,4-10,12H2,1-3H3. The second-order valence-electron chi connectivity index (χ2n) is 7.00. The highest BCUT2D eigenvalue weighted by Gasteiger charge is 2.30. The first-order chi connectivity index (χ1) is 10.1. The van der Waals surface area contributed by atoms with Gasteiger partial charge in [-0.25, -0.2) is 0 Å². The SMILES string of the molecule is Cc1cc(C(C)N2CCNC(C3CCCCC3)C2)c(C)s1. The van der Waals surface area contributed by atoms with Crippen molar-refractivity contribution in [3.05, 3.63) is 21.4 Å². The monoisotopic (exact) mass is 306 g/mol. The molecule has 2 unspecified atom stereocenters. The van der Waals surface area contributed by atoms with E-state index in [1.807, 2.05) is 11.3 Å². The first-order valence-corrected chi connectivity index (χ1v) is 9.51. The summed E-state index contributed by atoms with van der Waals surface area (Å²) in [5.41, 5.74) is 1.56. The zero-order chi connectivity index (χ0) is 14.8. The molecule has 1 saturated heterocycles. The molecule has 2 aliphatic rings. The van der Waals surface area contributed by atoms with Crippen LogP contribution in [0.25, 0.3) is 0 Å². The molecular weight excluding hydrogens is 276 g/mol. The minimum atomic E-state index is 0.572. The summed E-state index contributed by atoms with van der Waals surface area (Å²) >= 11 is 1.95. The van der Waals surface area contributed by atoms with Crippen LogP contribution in [-0.2, 0) is 0 Å².